The summed E-state index contributed by atoms with van der Waals surface area (Å²) in [7, 11) is -3.83. The molecule has 0 aliphatic heterocycles. The zero-order valence-electron chi connectivity index (χ0n) is 19.3. The normalized spacial score (nSPS) is 12.4. The van der Waals surface area contributed by atoms with E-state index in [0.29, 0.717) is 26.9 Å². The second kappa shape index (κ2) is 11.2. The van der Waals surface area contributed by atoms with Gasteiger partial charge in [0.15, 0.2) is 0 Å². The first-order valence-electron chi connectivity index (χ1n) is 10.4. The van der Waals surface area contributed by atoms with E-state index < -0.39 is 28.5 Å². The van der Waals surface area contributed by atoms with Gasteiger partial charge in [0, 0.05) is 22.6 Å². The van der Waals surface area contributed by atoms with E-state index in [9.17, 15) is 18.0 Å². The molecule has 0 radical (unpaired) electrons. The zero-order chi connectivity index (χ0) is 24.9. The molecule has 0 bridgehead atoms. The number of nitrogens with one attached hydrogen (secondary N) is 1. The van der Waals surface area contributed by atoms with E-state index in [1.807, 2.05) is 13.8 Å². The van der Waals surface area contributed by atoms with Crippen molar-refractivity contribution in [2.75, 3.05) is 17.1 Å². The molecular weight excluding hydrogens is 485 g/mol. The zero-order valence-corrected chi connectivity index (χ0v) is 21.6. The highest BCUT2D eigenvalue weighted by Crippen LogP contribution is 2.28. The molecule has 2 amide bonds. The first-order valence-corrected chi connectivity index (χ1v) is 13.0. The fourth-order valence-electron chi connectivity index (χ4n) is 3.26. The van der Waals surface area contributed by atoms with Gasteiger partial charge in [-0.2, -0.15) is 0 Å². The van der Waals surface area contributed by atoms with Gasteiger partial charge in [0.1, 0.15) is 12.6 Å². The lowest BCUT2D eigenvalue weighted by Crippen LogP contribution is -2.52. The Bertz CT molecular complexity index is 1120. The summed E-state index contributed by atoms with van der Waals surface area (Å²) < 4.78 is 26.3. The van der Waals surface area contributed by atoms with E-state index in [1.54, 1.807) is 56.3 Å². The maximum Gasteiger partial charge on any atom is 0.244 e. The number of nitrogens with zero attached hydrogens (tertiary/aromatic N) is 2. The minimum absolute atomic E-state index is 0.0390. The second-order valence-electron chi connectivity index (χ2n) is 8.11. The molecule has 0 saturated heterocycles. The Labute approximate surface area is 205 Å². The molecule has 10 heteroatoms. The van der Waals surface area contributed by atoms with Crippen LogP contribution in [0.3, 0.4) is 0 Å². The molecule has 2 aromatic rings. The van der Waals surface area contributed by atoms with Gasteiger partial charge < -0.3 is 10.2 Å². The van der Waals surface area contributed by atoms with Gasteiger partial charge in [-0.3, -0.25) is 13.9 Å². The highest BCUT2D eigenvalue weighted by Gasteiger charge is 2.31. The summed E-state index contributed by atoms with van der Waals surface area (Å²) >= 11 is 12.5. The van der Waals surface area contributed by atoms with Crippen molar-refractivity contribution in [2.24, 2.45) is 0 Å². The lowest BCUT2D eigenvalue weighted by atomic mass is 10.1. The van der Waals surface area contributed by atoms with Crippen LogP contribution in [0.1, 0.15) is 31.9 Å². The molecule has 0 aromatic heterocycles. The fraction of sp³-hybridized carbons (Fsp3) is 0.391. The van der Waals surface area contributed by atoms with Crippen LogP contribution in [0.25, 0.3) is 0 Å². The van der Waals surface area contributed by atoms with E-state index in [-0.39, 0.29) is 18.5 Å². The Morgan fingerprint density at radius 1 is 1.00 bits per heavy atom. The van der Waals surface area contributed by atoms with Gasteiger partial charge in [-0.25, -0.2) is 8.42 Å². The minimum atomic E-state index is -3.83. The third-order valence-electron chi connectivity index (χ3n) is 5.08. The Morgan fingerprint density at radius 3 is 2.18 bits per heavy atom. The number of anilines is 1. The van der Waals surface area contributed by atoms with Crippen LogP contribution in [0.15, 0.2) is 42.5 Å². The molecule has 0 saturated carbocycles. The molecule has 7 nitrogen and oxygen atoms in total. The minimum Gasteiger partial charge on any atom is -0.352 e. The highest BCUT2D eigenvalue weighted by atomic mass is 35.5. The van der Waals surface area contributed by atoms with Crippen molar-refractivity contribution < 1.29 is 18.0 Å². The third-order valence-corrected chi connectivity index (χ3v) is 6.99. The average Bonchev–Trinajstić information content (AvgIpc) is 2.71. The van der Waals surface area contributed by atoms with Crippen LogP contribution < -0.4 is 9.62 Å². The van der Waals surface area contributed by atoms with Crippen LogP contribution in [0.4, 0.5) is 5.69 Å². The number of rotatable bonds is 9. The first-order chi connectivity index (χ1) is 15.3. The van der Waals surface area contributed by atoms with E-state index in [0.717, 1.165) is 10.6 Å². The van der Waals surface area contributed by atoms with E-state index in [4.69, 9.17) is 23.2 Å². The second-order valence-corrected chi connectivity index (χ2v) is 10.8. The first kappa shape index (κ1) is 27.0. The smallest absolute Gasteiger partial charge is 0.244 e. The van der Waals surface area contributed by atoms with Gasteiger partial charge >= 0.3 is 0 Å². The van der Waals surface area contributed by atoms with Crippen LogP contribution in [0, 0.1) is 6.92 Å². The van der Waals surface area contributed by atoms with Gasteiger partial charge in [-0.1, -0.05) is 47.5 Å². The monoisotopic (exact) mass is 513 g/mol. The van der Waals surface area contributed by atoms with Crippen molar-refractivity contribution >= 4 is 50.7 Å². The number of hydrogen-bond donors (Lipinski definition) is 1. The number of amides is 2. The molecular formula is C23H29Cl2N3O4S. The quantitative estimate of drug-likeness (QED) is 0.548. The standard InChI is InChI=1S/C23H29Cl2N3O4S/c1-15(2)26-23(30)17(4)27(13-18-9-6-7-10-20(18)25)22(29)14-28(33(5,31)32)21-12-8-11-19(24)16(21)3/h6-12,15,17H,13-14H2,1-5H3,(H,26,30). The number of sulfonamides is 1. The van der Waals surface area contributed by atoms with Gasteiger partial charge in [-0.05, 0) is 57.0 Å². The van der Waals surface area contributed by atoms with Crippen LogP contribution in [0.5, 0.6) is 0 Å². The lowest BCUT2D eigenvalue weighted by molar-refractivity contribution is -0.139. The molecule has 0 heterocycles. The average molecular weight is 514 g/mol. The van der Waals surface area contributed by atoms with Crippen LogP contribution in [0.2, 0.25) is 10.0 Å². The van der Waals surface area contributed by atoms with Crippen molar-refractivity contribution in [2.45, 2.75) is 46.3 Å². The summed E-state index contributed by atoms with van der Waals surface area (Å²) in [4.78, 5) is 27.5. The molecule has 0 spiro atoms. The van der Waals surface area contributed by atoms with Crippen molar-refractivity contribution in [3.05, 3.63) is 63.6 Å². The number of benzene rings is 2. The third kappa shape index (κ3) is 7.09. The van der Waals surface area contributed by atoms with Gasteiger partial charge in [-0.15, -0.1) is 0 Å². The number of halogens is 2. The Kier molecular flexibility index (Phi) is 9.17. The summed E-state index contributed by atoms with van der Waals surface area (Å²) in [5.41, 5.74) is 1.47. The molecule has 1 N–H and O–H groups in total. The van der Waals surface area contributed by atoms with Crippen molar-refractivity contribution in [3.63, 3.8) is 0 Å². The summed E-state index contributed by atoms with van der Waals surface area (Å²) in [6.07, 6.45) is 1.02. The molecule has 33 heavy (non-hydrogen) atoms. The van der Waals surface area contributed by atoms with Crippen molar-refractivity contribution in [3.8, 4) is 0 Å². The summed E-state index contributed by atoms with van der Waals surface area (Å²) in [5, 5.41) is 3.62. The maximum atomic E-state index is 13.5. The Hall–Kier alpha value is -2.29. The topological polar surface area (TPSA) is 86.8 Å². The largest absolute Gasteiger partial charge is 0.352 e. The van der Waals surface area contributed by atoms with Gasteiger partial charge in [0.2, 0.25) is 21.8 Å². The number of carbonyl (C=O) groups excluding carboxylic acids is 2. The fourth-order valence-corrected chi connectivity index (χ4v) is 4.52. The van der Waals surface area contributed by atoms with Gasteiger partial charge in [0.25, 0.3) is 0 Å². The lowest BCUT2D eigenvalue weighted by Gasteiger charge is -2.32. The predicted octanol–water partition coefficient (Wildman–Crippen LogP) is 4.01. The van der Waals surface area contributed by atoms with E-state index in [2.05, 4.69) is 5.32 Å². The SMILES string of the molecule is Cc1c(Cl)cccc1N(CC(=O)N(Cc1ccccc1Cl)C(C)C(=O)NC(C)C)S(C)(=O)=O. The maximum absolute atomic E-state index is 13.5. The van der Waals surface area contributed by atoms with Gasteiger partial charge in [0.05, 0.1) is 11.9 Å². The summed E-state index contributed by atoms with van der Waals surface area (Å²) in [6.45, 7) is 6.46. The molecule has 0 fully saturated rings. The predicted molar refractivity (Wildman–Crippen MR) is 133 cm³/mol. The van der Waals surface area contributed by atoms with Crippen molar-refractivity contribution in [1.82, 2.24) is 10.2 Å². The summed E-state index contributed by atoms with van der Waals surface area (Å²) in [5.74, 6) is -0.902. The van der Waals surface area contributed by atoms with Crippen LogP contribution in [-0.4, -0.2) is 50.0 Å². The number of carbonyl (C=O) groups is 2. The van der Waals surface area contributed by atoms with Crippen LogP contribution in [-0.2, 0) is 26.2 Å². The van der Waals surface area contributed by atoms with Crippen molar-refractivity contribution in [1.29, 1.82) is 0 Å². The molecule has 1 atom stereocenters. The Balaban J connectivity index is 2.45. The Morgan fingerprint density at radius 2 is 1.61 bits per heavy atom. The van der Waals surface area contributed by atoms with E-state index >= 15 is 0 Å². The molecule has 2 rings (SSSR count). The number of hydrogen-bond acceptors (Lipinski definition) is 4. The summed E-state index contributed by atoms with van der Waals surface area (Å²) in [6, 6.07) is 10.8. The molecule has 0 aliphatic carbocycles. The molecule has 2 aromatic carbocycles. The molecule has 1 unspecified atom stereocenters. The van der Waals surface area contributed by atoms with E-state index in [1.165, 1.54) is 4.90 Å². The van der Waals surface area contributed by atoms with Crippen LogP contribution >= 0.6 is 23.2 Å². The molecule has 0 aliphatic rings. The highest BCUT2D eigenvalue weighted by molar-refractivity contribution is 7.92. The molecule has 180 valence electrons.